The summed E-state index contributed by atoms with van der Waals surface area (Å²) in [6.07, 6.45) is 0.858. The number of hydrogen-bond donors (Lipinski definition) is 1. The van der Waals surface area contributed by atoms with Crippen LogP contribution < -0.4 is 11.2 Å². The summed E-state index contributed by atoms with van der Waals surface area (Å²) in [5.74, 6) is 0. The van der Waals surface area contributed by atoms with E-state index in [2.05, 4.69) is 52.0 Å². The molecule has 0 atom stereocenters. The van der Waals surface area contributed by atoms with E-state index in [-0.39, 0.29) is 23.9 Å². The number of nitrogens with two attached hydrogens (primary N) is 1. The van der Waals surface area contributed by atoms with E-state index in [0.717, 1.165) is 11.9 Å². The first-order chi connectivity index (χ1) is 9.00. The van der Waals surface area contributed by atoms with Crippen molar-refractivity contribution in [3.05, 3.63) is 29.8 Å². The van der Waals surface area contributed by atoms with Gasteiger partial charge < -0.3 is 15.0 Å². The Morgan fingerprint density at radius 3 is 1.85 bits per heavy atom. The van der Waals surface area contributed by atoms with Crippen molar-refractivity contribution in [2.45, 2.75) is 64.7 Å². The Hall–Kier alpha value is -0.835. The van der Waals surface area contributed by atoms with Crippen molar-refractivity contribution in [2.24, 2.45) is 5.73 Å². The van der Waals surface area contributed by atoms with Crippen LogP contribution in [0.1, 0.15) is 47.1 Å². The predicted octanol–water partition coefficient (Wildman–Crippen LogP) is 2.27. The molecule has 1 fully saturated rings. The highest BCUT2D eigenvalue weighted by Crippen LogP contribution is 2.36. The Labute approximate surface area is 123 Å². The van der Waals surface area contributed by atoms with Crippen LogP contribution in [0.5, 0.6) is 0 Å². The van der Waals surface area contributed by atoms with Gasteiger partial charge in [0.2, 0.25) is 0 Å². The summed E-state index contributed by atoms with van der Waals surface area (Å²) in [5.41, 5.74) is 7.56. The fraction of sp³-hybridized carbons (Fsp3) is 0.625. The van der Waals surface area contributed by atoms with Gasteiger partial charge in [-0.25, -0.2) is 0 Å². The fourth-order valence-corrected chi connectivity index (χ4v) is 2.30. The lowest BCUT2D eigenvalue weighted by molar-refractivity contribution is 0.00578. The van der Waals surface area contributed by atoms with Crippen molar-refractivity contribution in [3.8, 4) is 0 Å². The molecular weight excluding hydrogens is 249 g/mol. The first-order valence-electron chi connectivity index (χ1n) is 7.24. The zero-order chi connectivity index (χ0) is 15.2. The van der Waals surface area contributed by atoms with E-state index in [1.54, 1.807) is 0 Å². The molecular formula is C16H26BNO2. The fourth-order valence-electron chi connectivity index (χ4n) is 2.30. The molecule has 4 heteroatoms. The highest BCUT2D eigenvalue weighted by molar-refractivity contribution is 6.62. The monoisotopic (exact) mass is 275 g/mol. The number of rotatable bonds is 3. The first-order valence-corrected chi connectivity index (χ1v) is 7.24. The minimum absolute atomic E-state index is 0.189. The van der Waals surface area contributed by atoms with Crippen molar-refractivity contribution < 1.29 is 9.31 Å². The van der Waals surface area contributed by atoms with Gasteiger partial charge in [0.1, 0.15) is 0 Å². The third-order valence-electron chi connectivity index (χ3n) is 4.16. The Morgan fingerprint density at radius 1 is 1.00 bits per heavy atom. The molecule has 0 spiro atoms. The summed E-state index contributed by atoms with van der Waals surface area (Å²) < 4.78 is 12.1. The zero-order valence-electron chi connectivity index (χ0n) is 13.5. The van der Waals surface area contributed by atoms with E-state index in [9.17, 15) is 0 Å². The second-order valence-corrected chi connectivity index (χ2v) is 7.50. The largest absolute Gasteiger partial charge is 0.494 e. The van der Waals surface area contributed by atoms with Crippen molar-refractivity contribution in [3.63, 3.8) is 0 Å². The Kier molecular flexibility index (Phi) is 3.78. The molecule has 0 amide bonds. The van der Waals surface area contributed by atoms with E-state index < -0.39 is 0 Å². The van der Waals surface area contributed by atoms with Gasteiger partial charge in [0.25, 0.3) is 0 Å². The average molecular weight is 275 g/mol. The Bertz CT molecular complexity index is 458. The minimum Gasteiger partial charge on any atom is -0.399 e. The molecule has 0 aromatic heterocycles. The molecule has 1 saturated heterocycles. The number of hydrogen-bond acceptors (Lipinski definition) is 3. The second-order valence-electron chi connectivity index (χ2n) is 7.50. The lowest BCUT2D eigenvalue weighted by atomic mass is 9.78. The maximum atomic E-state index is 6.05. The van der Waals surface area contributed by atoms with Gasteiger partial charge in [0.15, 0.2) is 0 Å². The van der Waals surface area contributed by atoms with E-state index in [1.165, 1.54) is 5.56 Å². The van der Waals surface area contributed by atoms with Crippen molar-refractivity contribution in [1.29, 1.82) is 0 Å². The molecule has 110 valence electrons. The standard InChI is InChI=1S/C16H26BNO2/c1-14(2,18)11-12-7-9-13(10-8-12)17-19-15(3,4)16(5,6)20-17/h7-10H,11,18H2,1-6H3. The lowest BCUT2D eigenvalue weighted by Crippen LogP contribution is -2.41. The van der Waals surface area contributed by atoms with Crippen molar-refractivity contribution in [2.75, 3.05) is 0 Å². The second kappa shape index (κ2) is 4.87. The van der Waals surface area contributed by atoms with Crippen molar-refractivity contribution in [1.82, 2.24) is 0 Å². The van der Waals surface area contributed by atoms with Gasteiger partial charge in [-0.3, -0.25) is 0 Å². The summed E-state index contributed by atoms with van der Waals surface area (Å²) in [6, 6.07) is 8.36. The zero-order valence-corrected chi connectivity index (χ0v) is 13.5. The van der Waals surface area contributed by atoms with Crippen LogP contribution in [0.3, 0.4) is 0 Å². The van der Waals surface area contributed by atoms with Crippen LogP contribution in [0.15, 0.2) is 24.3 Å². The molecule has 1 heterocycles. The maximum absolute atomic E-state index is 6.05. The van der Waals surface area contributed by atoms with Gasteiger partial charge in [-0.15, -0.1) is 0 Å². The molecule has 1 aromatic carbocycles. The van der Waals surface area contributed by atoms with E-state index >= 15 is 0 Å². The van der Waals surface area contributed by atoms with Gasteiger partial charge in [-0.1, -0.05) is 24.3 Å². The molecule has 0 aliphatic carbocycles. The van der Waals surface area contributed by atoms with Gasteiger partial charge in [-0.2, -0.15) is 0 Å². The molecule has 2 N–H and O–H groups in total. The molecule has 20 heavy (non-hydrogen) atoms. The number of benzene rings is 1. The molecule has 3 nitrogen and oxygen atoms in total. The molecule has 0 saturated carbocycles. The van der Waals surface area contributed by atoms with Gasteiger partial charge in [-0.05, 0) is 59.0 Å². The Morgan fingerprint density at radius 2 is 1.45 bits per heavy atom. The third-order valence-corrected chi connectivity index (χ3v) is 4.16. The topological polar surface area (TPSA) is 44.5 Å². The van der Waals surface area contributed by atoms with Crippen molar-refractivity contribution >= 4 is 12.6 Å². The molecule has 0 radical (unpaired) electrons. The van der Waals surface area contributed by atoms with Gasteiger partial charge in [0, 0.05) is 5.54 Å². The summed E-state index contributed by atoms with van der Waals surface area (Å²) in [7, 11) is -0.292. The van der Waals surface area contributed by atoms with Crippen LogP contribution in [-0.2, 0) is 15.7 Å². The van der Waals surface area contributed by atoms with E-state index in [0.29, 0.717) is 0 Å². The SMILES string of the molecule is CC(C)(N)Cc1ccc(B2OC(C)(C)C(C)(C)O2)cc1. The molecule has 0 bridgehead atoms. The summed E-state index contributed by atoms with van der Waals surface area (Å²) >= 11 is 0. The average Bonchev–Trinajstić information content (AvgIpc) is 2.47. The van der Waals surface area contributed by atoms with Gasteiger partial charge in [0.05, 0.1) is 11.2 Å². The normalized spacial score (nSPS) is 21.2. The lowest BCUT2D eigenvalue weighted by Gasteiger charge is -2.32. The van der Waals surface area contributed by atoms with E-state index in [4.69, 9.17) is 15.0 Å². The molecule has 1 aliphatic heterocycles. The van der Waals surface area contributed by atoms with Crippen LogP contribution >= 0.6 is 0 Å². The Balaban J connectivity index is 2.12. The van der Waals surface area contributed by atoms with Crippen LogP contribution in [0.25, 0.3) is 0 Å². The van der Waals surface area contributed by atoms with E-state index in [1.807, 2.05) is 13.8 Å². The molecule has 1 aromatic rings. The third kappa shape index (κ3) is 3.25. The predicted molar refractivity (Wildman–Crippen MR) is 84.1 cm³/mol. The summed E-state index contributed by atoms with van der Waals surface area (Å²) in [4.78, 5) is 0. The van der Waals surface area contributed by atoms with Crippen LogP contribution in [-0.4, -0.2) is 23.9 Å². The quantitative estimate of drug-likeness (QED) is 0.861. The first kappa shape index (κ1) is 15.6. The summed E-state index contributed by atoms with van der Waals surface area (Å²) in [5, 5.41) is 0. The minimum atomic E-state index is -0.296. The van der Waals surface area contributed by atoms with Crippen LogP contribution in [0.4, 0.5) is 0 Å². The molecule has 0 unspecified atom stereocenters. The molecule has 2 rings (SSSR count). The summed E-state index contributed by atoms with van der Waals surface area (Å²) in [6.45, 7) is 12.3. The van der Waals surface area contributed by atoms with Gasteiger partial charge >= 0.3 is 7.12 Å². The van der Waals surface area contributed by atoms with Crippen LogP contribution in [0, 0.1) is 0 Å². The highest BCUT2D eigenvalue weighted by atomic mass is 16.7. The highest BCUT2D eigenvalue weighted by Gasteiger charge is 2.51. The smallest absolute Gasteiger partial charge is 0.399 e. The molecule has 1 aliphatic rings. The maximum Gasteiger partial charge on any atom is 0.494 e. The van der Waals surface area contributed by atoms with Crippen LogP contribution in [0.2, 0.25) is 0 Å².